The van der Waals surface area contributed by atoms with Crippen molar-refractivity contribution in [2.24, 2.45) is 5.92 Å². The maximum atomic E-state index is 12.9. The number of halogens is 5. The Bertz CT molecular complexity index is 976. The highest BCUT2D eigenvalue weighted by Gasteiger charge is 2.67. The molecule has 2 N–H and O–H groups in total. The van der Waals surface area contributed by atoms with Crippen molar-refractivity contribution in [1.29, 1.82) is 0 Å². The number of unbranched alkanes of at least 4 members (excludes halogenated alkanes) is 2. The highest BCUT2D eigenvalue weighted by molar-refractivity contribution is 6.53. The summed E-state index contributed by atoms with van der Waals surface area (Å²) in [7, 11) is 0. The summed E-state index contributed by atoms with van der Waals surface area (Å²) in [4.78, 5) is 25.3. The molecule has 1 fully saturated rings. The van der Waals surface area contributed by atoms with Crippen LogP contribution < -0.4 is 10.6 Å². The first-order chi connectivity index (χ1) is 14.6. The van der Waals surface area contributed by atoms with E-state index in [1.54, 1.807) is 30.3 Å². The van der Waals surface area contributed by atoms with E-state index in [4.69, 9.17) is 58.0 Å². The van der Waals surface area contributed by atoms with Crippen molar-refractivity contribution >= 4 is 75.5 Å². The Balaban J connectivity index is 1.71. The van der Waals surface area contributed by atoms with E-state index < -0.39 is 16.2 Å². The van der Waals surface area contributed by atoms with Gasteiger partial charge in [-0.15, -0.1) is 23.2 Å². The maximum absolute atomic E-state index is 12.9. The Hall–Kier alpha value is -1.17. The van der Waals surface area contributed by atoms with Gasteiger partial charge in [-0.1, -0.05) is 54.6 Å². The average molecular weight is 523 g/mol. The monoisotopic (exact) mass is 520 g/mol. The van der Waals surface area contributed by atoms with Gasteiger partial charge in [-0.2, -0.15) is 0 Å². The van der Waals surface area contributed by atoms with Crippen molar-refractivity contribution in [2.75, 3.05) is 11.9 Å². The number of nitrogens with one attached hydrogen (secondary N) is 2. The molecular formula is C22H21Cl5N2O2. The van der Waals surface area contributed by atoms with E-state index in [-0.39, 0.29) is 17.4 Å². The van der Waals surface area contributed by atoms with Crippen molar-refractivity contribution in [2.45, 2.75) is 36.4 Å². The largest absolute Gasteiger partial charge is 0.352 e. The van der Waals surface area contributed by atoms with Crippen LogP contribution in [-0.2, 0) is 4.79 Å². The Kier molecular flexibility index (Phi) is 8.04. The van der Waals surface area contributed by atoms with Crippen LogP contribution in [0.25, 0.3) is 0 Å². The molecule has 1 aliphatic rings. The summed E-state index contributed by atoms with van der Waals surface area (Å²) < 4.78 is -1.29. The van der Waals surface area contributed by atoms with Crippen molar-refractivity contribution < 1.29 is 9.59 Å². The third kappa shape index (κ3) is 5.80. The van der Waals surface area contributed by atoms with Crippen molar-refractivity contribution in [3.05, 3.63) is 62.6 Å². The molecule has 9 heteroatoms. The van der Waals surface area contributed by atoms with Crippen LogP contribution in [0.3, 0.4) is 0 Å². The topological polar surface area (TPSA) is 58.2 Å². The molecule has 0 bridgehead atoms. The molecule has 0 heterocycles. The Morgan fingerprint density at radius 2 is 1.68 bits per heavy atom. The molecule has 1 aliphatic carbocycles. The Morgan fingerprint density at radius 1 is 1.00 bits per heavy atom. The lowest BCUT2D eigenvalue weighted by Gasteiger charge is -2.10. The highest BCUT2D eigenvalue weighted by Crippen LogP contribution is 2.65. The molecule has 0 radical (unpaired) electrons. The molecule has 0 aliphatic heterocycles. The SMILES string of the molecule is CCCCCNC(=O)c1cc(NC(=O)[C@@H]2[C@@H](c3cc(Cl)cc(Cl)c3)C2(Cl)Cl)ccc1Cl. The van der Waals surface area contributed by atoms with Gasteiger partial charge >= 0.3 is 0 Å². The number of rotatable bonds is 8. The molecule has 0 saturated heterocycles. The molecule has 0 aromatic heterocycles. The standard InChI is InChI=1S/C22H21Cl5N2O2/c1-2-3-4-7-28-20(30)16-11-15(5-6-17(16)25)29-21(31)19-18(22(19,26)27)12-8-13(23)10-14(24)9-12/h5-6,8-11,18-19H,2-4,7H2,1H3,(H,28,30)(H,29,31)/t18-,19+/m1/s1. The summed E-state index contributed by atoms with van der Waals surface area (Å²) >= 11 is 31.1. The molecule has 2 amide bonds. The third-order valence-electron chi connectivity index (χ3n) is 5.12. The lowest BCUT2D eigenvalue weighted by Crippen LogP contribution is -2.25. The molecular weight excluding hydrogens is 502 g/mol. The fraction of sp³-hybridized carbons (Fsp3) is 0.364. The number of carbonyl (C=O) groups excluding carboxylic acids is 2. The van der Waals surface area contributed by atoms with Gasteiger partial charge < -0.3 is 10.6 Å². The van der Waals surface area contributed by atoms with Crippen LogP contribution in [0.1, 0.15) is 48.0 Å². The molecule has 1 saturated carbocycles. The van der Waals surface area contributed by atoms with E-state index in [1.807, 2.05) is 0 Å². The van der Waals surface area contributed by atoms with Gasteiger partial charge in [-0.3, -0.25) is 9.59 Å². The maximum Gasteiger partial charge on any atom is 0.252 e. The minimum atomic E-state index is -1.29. The van der Waals surface area contributed by atoms with E-state index in [0.717, 1.165) is 19.3 Å². The second kappa shape index (κ2) is 10.2. The van der Waals surface area contributed by atoms with E-state index in [0.29, 0.717) is 32.9 Å². The van der Waals surface area contributed by atoms with E-state index in [9.17, 15) is 9.59 Å². The number of amides is 2. The highest BCUT2D eigenvalue weighted by atomic mass is 35.5. The van der Waals surface area contributed by atoms with Gasteiger partial charge in [0, 0.05) is 28.2 Å². The number of anilines is 1. The summed E-state index contributed by atoms with van der Waals surface area (Å²) in [5.74, 6) is -1.82. The van der Waals surface area contributed by atoms with Gasteiger partial charge in [0.1, 0.15) is 4.33 Å². The molecule has 0 unspecified atom stereocenters. The quantitative estimate of drug-likeness (QED) is 0.287. The minimum absolute atomic E-state index is 0.285. The number of hydrogen-bond acceptors (Lipinski definition) is 2. The number of benzene rings is 2. The van der Waals surface area contributed by atoms with Crippen LogP contribution in [0, 0.1) is 5.92 Å². The number of carbonyl (C=O) groups is 2. The predicted octanol–water partition coefficient (Wildman–Crippen LogP) is 7.09. The second-order valence-electron chi connectivity index (χ2n) is 7.48. The van der Waals surface area contributed by atoms with Gasteiger partial charge in [0.2, 0.25) is 5.91 Å². The molecule has 166 valence electrons. The van der Waals surface area contributed by atoms with Crippen molar-refractivity contribution in [1.82, 2.24) is 5.32 Å². The van der Waals surface area contributed by atoms with Gasteiger partial charge in [0.15, 0.2) is 0 Å². The first kappa shape index (κ1) is 24.5. The number of alkyl halides is 2. The zero-order chi connectivity index (χ0) is 22.8. The number of hydrogen-bond donors (Lipinski definition) is 2. The summed E-state index contributed by atoms with van der Waals surface area (Å²) in [6.45, 7) is 2.65. The lowest BCUT2D eigenvalue weighted by molar-refractivity contribution is -0.117. The normalized spacial score (nSPS) is 19.0. The van der Waals surface area contributed by atoms with E-state index in [2.05, 4.69) is 17.6 Å². The van der Waals surface area contributed by atoms with Gasteiger partial charge in [0.25, 0.3) is 5.91 Å². The van der Waals surface area contributed by atoms with Gasteiger partial charge in [-0.25, -0.2) is 0 Å². The fourth-order valence-electron chi connectivity index (χ4n) is 3.49. The first-order valence-electron chi connectivity index (χ1n) is 9.87. The van der Waals surface area contributed by atoms with Crippen LogP contribution >= 0.6 is 58.0 Å². The zero-order valence-electron chi connectivity index (χ0n) is 16.7. The van der Waals surface area contributed by atoms with Crippen LogP contribution in [0.5, 0.6) is 0 Å². The van der Waals surface area contributed by atoms with Crippen LogP contribution in [0.2, 0.25) is 15.1 Å². The van der Waals surface area contributed by atoms with Gasteiger partial charge in [0.05, 0.1) is 16.5 Å². The Labute approximate surface area is 206 Å². The summed E-state index contributed by atoms with van der Waals surface area (Å²) in [5, 5.41) is 6.78. The van der Waals surface area contributed by atoms with Crippen molar-refractivity contribution in [3.8, 4) is 0 Å². The Morgan fingerprint density at radius 3 is 2.32 bits per heavy atom. The van der Waals surface area contributed by atoms with Crippen LogP contribution in [0.15, 0.2) is 36.4 Å². The van der Waals surface area contributed by atoms with Crippen LogP contribution in [-0.4, -0.2) is 22.7 Å². The molecule has 2 atom stereocenters. The molecule has 2 aromatic rings. The van der Waals surface area contributed by atoms with E-state index in [1.165, 1.54) is 6.07 Å². The molecule has 3 rings (SSSR count). The fourth-order valence-corrected chi connectivity index (χ4v) is 5.07. The lowest BCUT2D eigenvalue weighted by atomic mass is 10.1. The molecule has 4 nitrogen and oxygen atoms in total. The first-order valence-corrected chi connectivity index (χ1v) is 11.8. The molecule has 2 aromatic carbocycles. The second-order valence-corrected chi connectivity index (χ2v) is 10.2. The molecule has 31 heavy (non-hydrogen) atoms. The smallest absolute Gasteiger partial charge is 0.252 e. The zero-order valence-corrected chi connectivity index (χ0v) is 20.4. The summed E-state index contributed by atoms with van der Waals surface area (Å²) in [6, 6.07) is 9.69. The average Bonchev–Trinajstić information content (AvgIpc) is 3.28. The predicted molar refractivity (Wildman–Crippen MR) is 129 cm³/mol. The van der Waals surface area contributed by atoms with E-state index >= 15 is 0 Å². The summed E-state index contributed by atoms with van der Waals surface area (Å²) in [6.07, 6.45) is 2.98. The minimum Gasteiger partial charge on any atom is -0.352 e. The summed E-state index contributed by atoms with van der Waals surface area (Å²) in [5.41, 5.74) is 1.39. The molecule has 0 spiro atoms. The third-order valence-corrected chi connectivity index (χ3v) is 6.83. The van der Waals surface area contributed by atoms with Gasteiger partial charge in [-0.05, 0) is 48.4 Å². The van der Waals surface area contributed by atoms with Crippen LogP contribution in [0.4, 0.5) is 5.69 Å². The van der Waals surface area contributed by atoms with Crippen molar-refractivity contribution in [3.63, 3.8) is 0 Å².